The molecule has 0 bridgehead atoms. The summed E-state index contributed by atoms with van der Waals surface area (Å²) >= 11 is 0. The van der Waals surface area contributed by atoms with Crippen LogP contribution in [0.3, 0.4) is 0 Å². The first-order chi connectivity index (χ1) is 10.7. The lowest BCUT2D eigenvalue weighted by molar-refractivity contribution is -0.209. The molecule has 3 atom stereocenters. The number of nitrogens with one attached hydrogen (secondary N) is 1. The van der Waals surface area contributed by atoms with E-state index in [9.17, 15) is 14.5 Å². The van der Waals surface area contributed by atoms with E-state index in [0.29, 0.717) is 5.56 Å². The van der Waals surface area contributed by atoms with Gasteiger partial charge in [-0.25, -0.2) is 14.6 Å². The second kappa shape index (κ2) is 6.79. The number of hydrogen-bond donors (Lipinski definition) is 3. The molecule has 1 aromatic rings. The molecule has 0 radical (unpaired) electrons. The highest BCUT2D eigenvalue weighted by atomic mass is 31.2. The summed E-state index contributed by atoms with van der Waals surface area (Å²) in [6, 6.07) is 0. The fourth-order valence-corrected chi connectivity index (χ4v) is 3.56. The normalized spacial score (nSPS) is 24.4. The molecule has 0 amide bonds. The number of aromatic amines is 1. The lowest BCUT2D eigenvalue weighted by Crippen LogP contribution is -2.33. The van der Waals surface area contributed by atoms with Crippen molar-refractivity contribution in [3.8, 4) is 0 Å². The summed E-state index contributed by atoms with van der Waals surface area (Å²) in [5.41, 5.74) is 7.51. The number of ether oxygens (including phenoxy) is 1. The summed E-state index contributed by atoms with van der Waals surface area (Å²) in [6.07, 6.45) is -0.471. The van der Waals surface area contributed by atoms with Crippen molar-refractivity contribution in [3.63, 3.8) is 0 Å². The van der Waals surface area contributed by atoms with Crippen LogP contribution in [0.25, 0.3) is 10.4 Å². The predicted octanol–water partition coefficient (Wildman–Crippen LogP) is -0.833. The lowest BCUT2D eigenvalue weighted by Gasteiger charge is -2.21. The van der Waals surface area contributed by atoms with Crippen molar-refractivity contribution in [1.29, 1.82) is 0 Å². The molecule has 1 aliphatic rings. The molecule has 23 heavy (non-hydrogen) atoms. The zero-order valence-electron chi connectivity index (χ0n) is 12.2. The Labute approximate surface area is 130 Å². The van der Waals surface area contributed by atoms with Gasteiger partial charge in [-0.1, -0.05) is 5.11 Å². The van der Waals surface area contributed by atoms with E-state index in [4.69, 9.17) is 20.1 Å². The van der Waals surface area contributed by atoms with Crippen LogP contribution in [0.4, 0.5) is 0 Å². The number of nitrogens with zero attached hydrogens (tertiary/aromatic N) is 4. The van der Waals surface area contributed by atoms with Crippen molar-refractivity contribution in [2.75, 3.05) is 12.7 Å². The maximum absolute atomic E-state index is 11.9. The Morgan fingerprint density at radius 1 is 1.61 bits per heavy atom. The van der Waals surface area contributed by atoms with E-state index in [-0.39, 0.29) is 13.0 Å². The van der Waals surface area contributed by atoms with Crippen molar-refractivity contribution in [2.45, 2.75) is 25.7 Å². The van der Waals surface area contributed by atoms with Gasteiger partial charge in [0.15, 0.2) is 0 Å². The van der Waals surface area contributed by atoms with Crippen molar-refractivity contribution >= 4 is 7.94 Å². The number of aryl methyl sites for hydroxylation is 1. The largest absolute Gasteiger partial charge is 0.632 e. The van der Waals surface area contributed by atoms with Gasteiger partial charge in [-0.2, -0.15) is 0 Å². The topological polar surface area (TPSA) is 176 Å². The molecule has 0 aliphatic carbocycles. The Morgan fingerprint density at radius 3 is 2.91 bits per heavy atom. The minimum Gasteiger partial charge on any atom is -0.632 e. The fourth-order valence-electron chi connectivity index (χ4n) is 2.57. The Morgan fingerprint density at radius 2 is 2.30 bits per heavy atom. The van der Waals surface area contributed by atoms with Crippen molar-refractivity contribution in [3.05, 3.63) is 43.0 Å². The Balaban J connectivity index is 2.28. The zero-order valence-corrected chi connectivity index (χ0v) is 13.1. The summed E-state index contributed by atoms with van der Waals surface area (Å²) < 4.78 is 6.78. The molecular formula is C11H16N5O6P. The third-order valence-electron chi connectivity index (χ3n) is 3.62. The van der Waals surface area contributed by atoms with E-state index < -0.39 is 43.6 Å². The summed E-state index contributed by atoms with van der Waals surface area (Å²) in [6.45, 7) is 1.42. The first kappa shape index (κ1) is 17.6. The van der Waals surface area contributed by atoms with Gasteiger partial charge in [0.2, 0.25) is 7.94 Å². The van der Waals surface area contributed by atoms with Gasteiger partial charge >= 0.3 is 5.69 Å². The molecule has 2 heterocycles. The van der Waals surface area contributed by atoms with Crippen LogP contribution >= 0.6 is 7.94 Å². The third-order valence-corrected chi connectivity index (χ3v) is 4.56. The lowest BCUT2D eigenvalue weighted by atomic mass is 10.0. The summed E-state index contributed by atoms with van der Waals surface area (Å²) in [5.74, 6) is -0.578. The molecular weight excluding hydrogens is 329 g/mol. The Bertz CT molecular complexity index is 734. The molecule has 12 heteroatoms. The monoisotopic (exact) mass is 345 g/mol. The highest BCUT2D eigenvalue weighted by molar-refractivity contribution is 7.57. The predicted molar refractivity (Wildman–Crippen MR) is 78.3 cm³/mol. The molecule has 1 fully saturated rings. The molecule has 2 rings (SSSR count). The van der Waals surface area contributed by atoms with Crippen LogP contribution in [0.1, 0.15) is 18.2 Å². The molecule has 0 saturated carbocycles. The van der Waals surface area contributed by atoms with Crippen LogP contribution in [0.5, 0.6) is 0 Å². The van der Waals surface area contributed by atoms with Crippen LogP contribution < -0.4 is 16.1 Å². The third kappa shape index (κ3) is 4.38. The zero-order chi connectivity index (χ0) is 17.2. The van der Waals surface area contributed by atoms with Gasteiger partial charge in [0.1, 0.15) is 12.4 Å². The standard InChI is InChI=1S/C11H16N5O6P/c1-6-4-16(11(18)14-10(6)17)9-2-7(5-23(19,20)21)8(22-9)3-13-15-12/h4,7-9H,2-3,5H2,1H3,(H,14,17,18)(H2,19,20,21)/t7-,8-,9-/m1/s1. The molecule has 0 aromatic carbocycles. The minimum atomic E-state index is -4.29. The quantitative estimate of drug-likeness (QED) is 0.271. The first-order valence-electron chi connectivity index (χ1n) is 6.74. The number of aromatic nitrogens is 2. The molecule has 126 valence electrons. The van der Waals surface area contributed by atoms with Crippen LogP contribution in [0, 0.1) is 12.8 Å². The maximum Gasteiger partial charge on any atom is 0.330 e. The average molecular weight is 345 g/mol. The van der Waals surface area contributed by atoms with Crippen LogP contribution in [-0.4, -0.2) is 38.1 Å². The van der Waals surface area contributed by atoms with Gasteiger partial charge in [-0.05, 0) is 12.5 Å². The number of hydrogen-bond acceptors (Lipinski definition) is 7. The van der Waals surface area contributed by atoms with E-state index in [1.165, 1.54) is 17.7 Å². The van der Waals surface area contributed by atoms with Gasteiger partial charge in [0.25, 0.3) is 5.56 Å². The van der Waals surface area contributed by atoms with E-state index in [0.717, 1.165) is 0 Å². The van der Waals surface area contributed by atoms with E-state index >= 15 is 0 Å². The second-order valence-electron chi connectivity index (χ2n) is 5.36. The molecule has 3 N–H and O–H groups in total. The fraction of sp³-hybridized carbons (Fsp3) is 0.636. The second-order valence-corrected chi connectivity index (χ2v) is 7.06. The van der Waals surface area contributed by atoms with Crippen molar-refractivity contribution < 1.29 is 19.4 Å². The number of rotatable bonds is 5. The van der Waals surface area contributed by atoms with Crippen LogP contribution in [-0.2, 0) is 4.74 Å². The molecule has 0 spiro atoms. The van der Waals surface area contributed by atoms with Crippen LogP contribution in [0.2, 0.25) is 0 Å². The van der Waals surface area contributed by atoms with Gasteiger partial charge in [0.05, 0.1) is 12.6 Å². The van der Waals surface area contributed by atoms with Crippen LogP contribution in [0.15, 0.2) is 20.9 Å². The van der Waals surface area contributed by atoms with Gasteiger partial charge in [0, 0.05) is 29.0 Å². The number of H-pyrrole nitrogens is 1. The minimum absolute atomic E-state index is 0.102. The van der Waals surface area contributed by atoms with Crippen molar-refractivity contribution in [1.82, 2.24) is 9.55 Å². The van der Waals surface area contributed by atoms with E-state index in [1.807, 2.05) is 0 Å². The Hall–Kier alpha value is -1.74. The van der Waals surface area contributed by atoms with Crippen molar-refractivity contribution in [2.24, 2.45) is 11.0 Å². The molecule has 1 saturated heterocycles. The first-order valence-corrected chi connectivity index (χ1v) is 8.54. The summed E-state index contributed by atoms with van der Waals surface area (Å²) in [4.78, 5) is 57.6. The summed E-state index contributed by atoms with van der Waals surface area (Å²) in [7, 11) is -4.29. The highest BCUT2D eigenvalue weighted by Gasteiger charge is 2.41. The summed E-state index contributed by atoms with van der Waals surface area (Å²) in [5, 5.41) is 3.37. The number of azide groups is 1. The van der Waals surface area contributed by atoms with Gasteiger partial charge < -0.3 is 9.63 Å². The van der Waals surface area contributed by atoms with E-state index in [1.54, 1.807) is 0 Å². The van der Waals surface area contributed by atoms with Gasteiger partial charge in [-0.15, -0.1) is 0 Å². The van der Waals surface area contributed by atoms with E-state index in [2.05, 4.69) is 15.0 Å². The highest BCUT2D eigenvalue weighted by Crippen LogP contribution is 2.46. The molecule has 0 unspecified atom stereocenters. The van der Waals surface area contributed by atoms with Gasteiger partial charge in [-0.3, -0.25) is 14.3 Å². The Kier molecular flexibility index (Phi) is 5.20. The molecule has 1 aliphatic heterocycles. The smallest absolute Gasteiger partial charge is 0.330 e. The SMILES string of the molecule is Cc1cn([C@H]2C[C@H](C[P+]([O-])(O)O)[C@@H](CN=[N+]=[N-])O2)c(=O)[nH]c1=O. The average Bonchev–Trinajstić information content (AvgIpc) is 2.81. The maximum atomic E-state index is 11.9. The molecule has 1 aromatic heterocycles. The molecule has 11 nitrogen and oxygen atoms in total.